The second-order valence-corrected chi connectivity index (χ2v) is 5.58. The van der Waals surface area contributed by atoms with Gasteiger partial charge in [0.2, 0.25) is 0 Å². The third-order valence-corrected chi connectivity index (χ3v) is 4.04. The smallest absolute Gasteiger partial charge is 0.343 e. The highest BCUT2D eigenvalue weighted by Gasteiger charge is 2.27. The molecule has 3 rings (SSSR count). The van der Waals surface area contributed by atoms with Gasteiger partial charge in [0.05, 0.1) is 24.5 Å². The highest BCUT2D eigenvalue weighted by Crippen LogP contribution is 2.36. The van der Waals surface area contributed by atoms with Crippen molar-refractivity contribution in [2.75, 3.05) is 7.11 Å². The number of hydrogen-bond acceptors (Lipinski definition) is 6. The predicted molar refractivity (Wildman–Crippen MR) is 90.7 cm³/mol. The summed E-state index contributed by atoms with van der Waals surface area (Å²) in [6.07, 6.45) is -0.184. The van der Waals surface area contributed by atoms with E-state index in [2.05, 4.69) is 0 Å². The van der Waals surface area contributed by atoms with Gasteiger partial charge < -0.3 is 19.4 Å². The van der Waals surface area contributed by atoms with Crippen molar-refractivity contribution in [2.45, 2.75) is 12.3 Å². The third-order valence-electron chi connectivity index (χ3n) is 4.04. The van der Waals surface area contributed by atoms with Crippen molar-refractivity contribution in [3.63, 3.8) is 0 Å². The van der Waals surface area contributed by atoms with Gasteiger partial charge in [0.15, 0.2) is 0 Å². The maximum Gasteiger partial charge on any atom is 0.343 e. The molecule has 0 saturated carbocycles. The van der Waals surface area contributed by atoms with Gasteiger partial charge >= 0.3 is 11.6 Å². The van der Waals surface area contributed by atoms with Gasteiger partial charge in [-0.25, -0.2) is 4.79 Å². The van der Waals surface area contributed by atoms with Crippen LogP contribution in [-0.2, 0) is 9.53 Å². The van der Waals surface area contributed by atoms with Crippen LogP contribution in [0, 0.1) is 0 Å². The number of rotatable bonds is 4. The van der Waals surface area contributed by atoms with Crippen LogP contribution in [0.2, 0.25) is 0 Å². The van der Waals surface area contributed by atoms with E-state index in [1.165, 1.54) is 19.2 Å². The molecule has 0 spiro atoms. The van der Waals surface area contributed by atoms with Crippen LogP contribution in [0.4, 0.5) is 0 Å². The maximum absolute atomic E-state index is 12.5. The first-order chi connectivity index (χ1) is 12.0. The average Bonchev–Trinajstić information content (AvgIpc) is 2.60. The van der Waals surface area contributed by atoms with E-state index in [0.717, 1.165) is 0 Å². The monoisotopic (exact) mass is 340 g/mol. The van der Waals surface area contributed by atoms with Crippen molar-refractivity contribution in [1.82, 2.24) is 0 Å². The van der Waals surface area contributed by atoms with E-state index in [1.807, 2.05) is 0 Å². The summed E-state index contributed by atoms with van der Waals surface area (Å²) in [4.78, 5) is 24.3. The molecule has 0 fully saturated rings. The standard InChI is InChI=1S/C19H16O6/c1-24-16(21)10-14(11-5-4-6-12(20)9-11)17-18(22)13-7-2-3-8-15(13)25-19(17)23/h2-9,14,20,22H,10H2,1H3/t14-/m0/s1. The molecule has 0 saturated heterocycles. The van der Waals surface area contributed by atoms with Gasteiger partial charge in [-0.15, -0.1) is 0 Å². The first kappa shape index (κ1) is 16.6. The van der Waals surface area contributed by atoms with Crippen LogP contribution in [0.15, 0.2) is 57.7 Å². The van der Waals surface area contributed by atoms with Gasteiger partial charge in [0.25, 0.3) is 0 Å². The quantitative estimate of drug-likeness (QED) is 0.560. The van der Waals surface area contributed by atoms with E-state index in [9.17, 15) is 19.8 Å². The number of fused-ring (bicyclic) bond motifs is 1. The van der Waals surface area contributed by atoms with Gasteiger partial charge in [0.1, 0.15) is 17.1 Å². The summed E-state index contributed by atoms with van der Waals surface area (Å²) in [7, 11) is 1.24. The largest absolute Gasteiger partial charge is 0.508 e. The first-order valence-electron chi connectivity index (χ1n) is 7.61. The number of ether oxygens (including phenoxy) is 1. The van der Waals surface area contributed by atoms with Crippen molar-refractivity contribution >= 4 is 16.9 Å². The molecule has 2 N–H and O–H groups in total. The number of hydrogen-bond donors (Lipinski definition) is 2. The van der Waals surface area contributed by atoms with E-state index >= 15 is 0 Å². The molecule has 0 radical (unpaired) electrons. The van der Waals surface area contributed by atoms with Crippen molar-refractivity contribution in [3.8, 4) is 11.5 Å². The summed E-state index contributed by atoms with van der Waals surface area (Å²) in [5.74, 6) is -1.64. The molecule has 0 amide bonds. The highest BCUT2D eigenvalue weighted by molar-refractivity contribution is 5.84. The Morgan fingerprint density at radius 3 is 2.64 bits per heavy atom. The van der Waals surface area contributed by atoms with Crippen molar-refractivity contribution in [2.24, 2.45) is 0 Å². The minimum absolute atomic E-state index is 0.0166. The highest BCUT2D eigenvalue weighted by atomic mass is 16.5. The molecule has 1 heterocycles. The fourth-order valence-electron chi connectivity index (χ4n) is 2.83. The van der Waals surface area contributed by atoms with E-state index in [1.54, 1.807) is 36.4 Å². The molecular formula is C19H16O6. The Bertz CT molecular complexity index is 989. The molecule has 3 aromatic rings. The summed E-state index contributed by atoms with van der Waals surface area (Å²) in [5, 5.41) is 20.7. The normalized spacial score (nSPS) is 12.0. The summed E-state index contributed by atoms with van der Waals surface area (Å²) in [5.41, 5.74) is -0.0482. The number of methoxy groups -OCH3 is 1. The second-order valence-electron chi connectivity index (χ2n) is 5.58. The molecule has 6 heteroatoms. The van der Waals surface area contributed by atoms with Gasteiger partial charge in [-0.05, 0) is 29.8 Å². The predicted octanol–water partition coefficient (Wildman–Crippen LogP) is 2.90. The van der Waals surface area contributed by atoms with Crippen LogP contribution < -0.4 is 5.63 Å². The van der Waals surface area contributed by atoms with Crippen molar-refractivity contribution in [3.05, 3.63) is 70.1 Å². The first-order valence-corrected chi connectivity index (χ1v) is 7.61. The van der Waals surface area contributed by atoms with E-state index < -0.39 is 17.5 Å². The molecule has 0 aliphatic carbocycles. The number of phenols is 1. The number of aromatic hydroxyl groups is 2. The summed E-state index contributed by atoms with van der Waals surface area (Å²) < 4.78 is 10.00. The molecule has 2 aromatic carbocycles. The molecule has 1 aromatic heterocycles. The van der Waals surface area contributed by atoms with Gasteiger partial charge in [-0.3, -0.25) is 4.79 Å². The lowest BCUT2D eigenvalue weighted by molar-refractivity contribution is -0.140. The Balaban J connectivity index is 2.24. The lowest BCUT2D eigenvalue weighted by Gasteiger charge is -2.17. The summed E-state index contributed by atoms with van der Waals surface area (Å²) >= 11 is 0. The molecule has 0 unspecified atom stereocenters. The average molecular weight is 340 g/mol. The number of carbonyl (C=O) groups excluding carboxylic acids is 1. The number of para-hydroxylation sites is 1. The molecule has 0 aliphatic rings. The Labute approximate surface area is 142 Å². The topological polar surface area (TPSA) is 97.0 Å². The Morgan fingerprint density at radius 1 is 1.16 bits per heavy atom. The zero-order chi connectivity index (χ0) is 18.0. The SMILES string of the molecule is COC(=O)C[C@@H](c1cccc(O)c1)c1c(O)c2ccccc2oc1=O. The maximum atomic E-state index is 12.5. The lowest BCUT2D eigenvalue weighted by Crippen LogP contribution is -2.18. The number of phenolic OH excluding ortho intramolecular Hbond substituents is 1. The van der Waals surface area contributed by atoms with Crippen LogP contribution in [0.1, 0.15) is 23.5 Å². The van der Waals surface area contributed by atoms with Gasteiger partial charge in [0, 0.05) is 5.92 Å². The number of carbonyl (C=O) groups is 1. The lowest BCUT2D eigenvalue weighted by atomic mass is 9.88. The number of esters is 1. The number of benzene rings is 2. The molecule has 0 bridgehead atoms. The molecule has 6 nitrogen and oxygen atoms in total. The van der Waals surface area contributed by atoms with Crippen LogP contribution >= 0.6 is 0 Å². The minimum Gasteiger partial charge on any atom is -0.508 e. The van der Waals surface area contributed by atoms with E-state index in [4.69, 9.17) is 9.15 Å². The van der Waals surface area contributed by atoms with Gasteiger partial charge in [-0.1, -0.05) is 24.3 Å². The molecule has 128 valence electrons. The second kappa shape index (κ2) is 6.68. The Kier molecular flexibility index (Phi) is 4.43. The fraction of sp³-hybridized carbons (Fsp3) is 0.158. The van der Waals surface area contributed by atoms with Crippen LogP contribution in [0.25, 0.3) is 11.0 Å². The molecule has 1 atom stereocenters. The van der Waals surface area contributed by atoms with Crippen LogP contribution in [0.3, 0.4) is 0 Å². The minimum atomic E-state index is -0.819. The van der Waals surface area contributed by atoms with Crippen LogP contribution in [0.5, 0.6) is 11.5 Å². The van der Waals surface area contributed by atoms with E-state index in [0.29, 0.717) is 10.9 Å². The summed E-state index contributed by atoms with van der Waals surface area (Å²) in [6, 6.07) is 12.7. The van der Waals surface area contributed by atoms with Crippen molar-refractivity contribution < 1.29 is 24.2 Å². The van der Waals surface area contributed by atoms with Gasteiger partial charge in [-0.2, -0.15) is 0 Å². The molecule has 25 heavy (non-hydrogen) atoms. The third kappa shape index (κ3) is 3.19. The Hall–Kier alpha value is -3.28. The summed E-state index contributed by atoms with van der Waals surface area (Å²) in [6.45, 7) is 0. The zero-order valence-electron chi connectivity index (χ0n) is 13.4. The Morgan fingerprint density at radius 2 is 1.92 bits per heavy atom. The molecular weight excluding hydrogens is 324 g/mol. The van der Waals surface area contributed by atoms with Crippen molar-refractivity contribution in [1.29, 1.82) is 0 Å². The zero-order valence-corrected chi connectivity index (χ0v) is 13.4. The fourth-order valence-corrected chi connectivity index (χ4v) is 2.83. The molecule has 0 aliphatic heterocycles. The van der Waals surface area contributed by atoms with E-state index in [-0.39, 0.29) is 29.1 Å². The van der Waals surface area contributed by atoms with Crippen LogP contribution in [-0.4, -0.2) is 23.3 Å².